The van der Waals surface area contributed by atoms with Crippen molar-refractivity contribution in [3.8, 4) is 28.5 Å². The van der Waals surface area contributed by atoms with Crippen LogP contribution < -0.4 is 19.9 Å². The van der Waals surface area contributed by atoms with Gasteiger partial charge in [-0.05, 0) is 43.1 Å². The molecule has 0 unspecified atom stereocenters. The summed E-state index contributed by atoms with van der Waals surface area (Å²) >= 11 is 0. The number of nitrogen functional groups attached to an aromatic ring is 1. The van der Waals surface area contributed by atoms with Crippen molar-refractivity contribution in [3.05, 3.63) is 42.9 Å². The maximum Gasteiger partial charge on any atom is 0.162 e. The molecule has 0 radical (unpaired) electrons. The maximum atomic E-state index is 6.37. The standard InChI is InChI=1S/C27H33N5O3/c1-6-18(32(7-2)8-3)16-35-19-9-17(13-29-14-19)23-10-20-21-11-25(33-4)26(34-5)12-24(21)30-15-22(20)27(28)31-23/h9-15,18H,6-8,16H2,1-5H3,(H2,28,31)/t18-/m0/s1. The summed E-state index contributed by atoms with van der Waals surface area (Å²) in [5.74, 6) is 2.36. The van der Waals surface area contributed by atoms with E-state index in [0.717, 1.165) is 46.7 Å². The van der Waals surface area contributed by atoms with Gasteiger partial charge >= 0.3 is 0 Å². The van der Waals surface area contributed by atoms with E-state index in [9.17, 15) is 0 Å². The van der Waals surface area contributed by atoms with Crippen molar-refractivity contribution in [2.24, 2.45) is 0 Å². The predicted molar refractivity (Wildman–Crippen MR) is 140 cm³/mol. The summed E-state index contributed by atoms with van der Waals surface area (Å²) in [4.78, 5) is 16.0. The number of nitrogens with zero attached hydrogens (tertiary/aromatic N) is 4. The highest BCUT2D eigenvalue weighted by Crippen LogP contribution is 2.37. The number of pyridine rings is 3. The number of hydrogen-bond acceptors (Lipinski definition) is 8. The smallest absolute Gasteiger partial charge is 0.162 e. The third kappa shape index (κ3) is 4.93. The fourth-order valence-electron chi connectivity index (χ4n) is 4.46. The number of hydrogen-bond donors (Lipinski definition) is 1. The first-order chi connectivity index (χ1) is 17.0. The van der Waals surface area contributed by atoms with Gasteiger partial charge in [0.15, 0.2) is 11.5 Å². The van der Waals surface area contributed by atoms with E-state index in [1.807, 2.05) is 24.3 Å². The van der Waals surface area contributed by atoms with Crippen molar-refractivity contribution in [1.82, 2.24) is 19.9 Å². The molecule has 0 amide bonds. The molecule has 3 aromatic heterocycles. The molecule has 0 fully saturated rings. The Balaban J connectivity index is 1.72. The third-order valence-corrected chi connectivity index (χ3v) is 6.46. The summed E-state index contributed by atoms with van der Waals surface area (Å²) in [7, 11) is 3.22. The highest BCUT2D eigenvalue weighted by atomic mass is 16.5. The van der Waals surface area contributed by atoms with E-state index in [4.69, 9.17) is 19.9 Å². The van der Waals surface area contributed by atoms with E-state index < -0.39 is 0 Å². The van der Waals surface area contributed by atoms with E-state index in [2.05, 4.69) is 40.6 Å². The zero-order valence-electron chi connectivity index (χ0n) is 21.0. The molecule has 1 atom stereocenters. The summed E-state index contributed by atoms with van der Waals surface area (Å²) < 4.78 is 17.1. The van der Waals surface area contributed by atoms with Crippen LogP contribution in [0.5, 0.6) is 17.2 Å². The van der Waals surface area contributed by atoms with Crippen molar-refractivity contribution >= 4 is 27.5 Å². The van der Waals surface area contributed by atoms with Gasteiger partial charge in [-0.15, -0.1) is 0 Å². The summed E-state index contributed by atoms with van der Waals surface area (Å²) in [6, 6.07) is 8.10. The van der Waals surface area contributed by atoms with Crippen LogP contribution in [0.4, 0.5) is 5.82 Å². The fourth-order valence-corrected chi connectivity index (χ4v) is 4.46. The Labute approximate surface area is 206 Å². The Kier molecular flexibility index (Phi) is 7.51. The Bertz CT molecular complexity index is 1320. The van der Waals surface area contributed by atoms with Gasteiger partial charge in [-0.2, -0.15) is 0 Å². The molecule has 4 rings (SSSR count). The number of ether oxygens (including phenoxy) is 3. The van der Waals surface area contributed by atoms with Gasteiger partial charge in [0.05, 0.1) is 31.6 Å². The number of fused-ring (bicyclic) bond motifs is 3. The number of nitrogens with two attached hydrogens (primary N) is 1. The lowest BCUT2D eigenvalue weighted by molar-refractivity contribution is 0.142. The Hall–Kier alpha value is -3.65. The highest BCUT2D eigenvalue weighted by Gasteiger charge is 2.16. The van der Waals surface area contributed by atoms with Gasteiger partial charge in [0.1, 0.15) is 18.2 Å². The number of likely N-dealkylation sites (N-methyl/N-ethyl adjacent to an activating group) is 1. The lowest BCUT2D eigenvalue weighted by Crippen LogP contribution is -2.38. The first-order valence-corrected chi connectivity index (χ1v) is 12.0. The van der Waals surface area contributed by atoms with Crippen LogP contribution in [0, 0.1) is 0 Å². The Morgan fingerprint density at radius 1 is 0.886 bits per heavy atom. The van der Waals surface area contributed by atoms with E-state index in [1.54, 1.807) is 32.8 Å². The summed E-state index contributed by atoms with van der Waals surface area (Å²) in [6.45, 7) is 9.14. The minimum absolute atomic E-state index is 0.355. The van der Waals surface area contributed by atoms with Gasteiger partial charge in [-0.25, -0.2) is 4.98 Å². The normalized spacial score (nSPS) is 12.3. The minimum Gasteiger partial charge on any atom is -0.493 e. The van der Waals surface area contributed by atoms with Crippen LogP contribution in [0.15, 0.2) is 42.9 Å². The first-order valence-electron chi connectivity index (χ1n) is 12.0. The molecule has 35 heavy (non-hydrogen) atoms. The largest absolute Gasteiger partial charge is 0.493 e. The molecule has 3 heterocycles. The molecule has 0 spiro atoms. The Morgan fingerprint density at radius 2 is 1.63 bits per heavy atom. The molecule has 0 saturated heterocycles. The Morgan fingerprint density at radius 3 is 2.31 bits per heavy atom. The topological polar surface area (TPSA) is 95.6 Å². The fraction of sp³-hybridized carbons (Fsp3) is 0.370. The van der Waals surface area contributed by atoms with Crippen molar-refractivity contribution in [2.75, 3.05) is 39.6 Å². The molecule has 0 aliphatic rings. The van der Waals surface area contributed by atoms with Gasteiger partial charge in [0, 0.05) is 40.8 Å². The zero-order chi connectivity index (χ0) is 24.9. The molecule has 184 valence electrons. The molecule has 1 aromatic carbocycles. The van der Waals surface area contributed by atoms with Crippen LogP contribution in [0.25, 0.3) is 32.9 Å². The first kappa shape index (κ1) is 24.5. The summed E-state index contributed by atoms with van der Waals surface area (Å²) in [5, 5.41) is 2.61. The number of methoxy groups -OCH3 is 2. The van der Waals surface area contributed by atoms with Crippen LogP contribution in [-0.2, 0) is 0 Å². The van der Waals surface area contributed by atoms with Gasteiger partial charge in [-0.1, -0.05) is 20.8 Å². The van der Waals surface area contributed by atoms with Crippen molar-refractivity contribution in [1.29, 1.82) is 0 Å². The molecule has 0 bridgehead atoms. The lowest BCUT2D eigenvalue weighted by atomic mass is 10.0. The van der Waals surface area contributed by atoms with Crippen molar-refractivity contribution in [2.45, 2.75) is 33.2 Å². The molecule has 0 aliphatic carbocycles. The average molecular weight is 476 g/mol. The number of anilines is 1. The van der Waals surface area contributed by atoms with Crippen LogP contribution >= 0.6 is 0 Å². The second-order valence-electron chi connectivity index (χ2n) is 8.34. The third-order valence-electron chi connectivity index (χ3n) is 6.46. The monoisotopic (exact) mass is 475 g/mol. The van der Waals surface area contributed by atoms with Gasteiger partial charge < -0.3 is 19.9 Å². The molecule has 2 N–H and O–H groups in total. The molecular weight excluding hydrogens is 442 g/mol. The molecule has 0 saturated carbocycles. The lowest BCUT2D eigenvalue weighted by Gasteiger charge is -2.28. The van der Waals surface area contributed by atoms with Crippen molar-refractivity contribution < 1.29 is 14.2 Å². The van der Waals surface area contributed by atoms with Crippen LogP contribution in [0.1, 0.15) is 27.2 Å². The second-order valence-corrected chi connectivity index (χ2v) is 8.34. The molecule has 8 nitrogen and oxygen atoms in total. The van der Waals surface area contributed by atoms with Crippen LogP contribution in [0.3, 0.4) is 0 Å². The van der Waals surface area contributed by atoms with Crippen molar-refractivity contribution in [3.63, 3.8) is 0 Å². The van der Waals surface area contributed by atoms with Gasteiger partial charge in [0.25, 0.3) is 0 Å². The van der Waals surface area contributed by atoms with E-state index in [-0.39, 0.29) is 0 Å². The van der Waals surface area contributed by atoms with Gasteiger partial charge in [0.2, 0.25) is 0 Å². The molecular formula is C27H33N5O3. The van der Waals surface area contributed by atoms with E-state index in [0.29, 0.717) is 41.4 Å². The highest BCUT2D eigenvalue weighted by molar-refractivity contribution is 6.10. The van der Waals surface area contributed by atoms with Gasteiger partial charge in [-0.3, -0.25) is 14.9 Å². The van der Waals surface area contributed by atoms with Crippen LogP contribution in [0.2, 0.25) is 0 Å². The summed E-state index contributed by atoms with van der Waals surface area (Å²) in [5.41, 5.74) is 8.69. The molecule has 4 aromatic rings. The minimum atomic E-state index is 0.355. The quantitative estimate of drug-likeness (QED) is 0.322. The second kappa shape index (κ2) is 10.7. The number of benzene rings is 1. The van der Waals surface area contributed by atoms with E-state index >= 15 is 0 Å². The zero-order valence-corrected chi connectivity index (χ0v) is 21.0. The number of rotatable bonds is 10. The number of aromatic nitrogens is 3. The molecule has 8 heteroatoms. The van der Waals surface area contributed by atoms with Crippen LogP contribution in [-0.4, -0.2) is 59.8 Å². The average Bonchev–Trinajstić information content (AvgIpc) is 2.90. The summed E-state index contributed by atoms with van der Waals surface area (Å²) in [6.07, 6.45) is 6.27. The predicted octanol–water partition coefficient (Wildman–Crippen LogP) is 4.94. The maximum absolute atomic E-state index is 6.37. The SMILES string of the molecule is CC[C@@H](COc1cncc(-c2cc3c(cnc4cc(OC)c(OC)cc43)c(N)n2)c1)N(CC)CC. The molecule has 0 aliphatic heterocycles. The van der Waals surface area contributed by atoms with E-state index in [1.165, 1.54) is 0 Å².